The monoisotopic (exact) mass is 514 g/mol. The van der Waals surface area contributed by atoms with Crippen LogP contribution in [0.5, 0.6) is 5.75 Å². The third-order valence-electron chi connectivity index (χ3n) is 5.25. The van der Waals surface area contributed by atoms with Gasteiger partial charge < -0.3 is 15.2 Å². The molecule has 1 amide bonds. The van der Waals surface area contributed by atoms with Crippen molar-refractivity contribution in [2.75, 3.05) is 25.5 Å². The number of carbonyl (C=O) groups is 1. The number of alkyl halides is 1. The van der Waals surface area contributed by atoms with Gasteiger partial charge in [-0.25, -0.2) is 0 Å². The molecule has 0 aliphatic carbocycles. The summed E-state index contributed by atoms with van der Waals surface area (Å²) < 4.78 is 7.07. The Morgan fingerprint density at radius 1 is 1.20 bits per heavy atom. The number of hydrogen-bond donors (Lipinski definition) is 2. The van der Waals surface area contributed by atoms with E-state index in [4.69, 9.17) is 27.9 Å². The average molecular weight is 516 g/mol. The largest absolute Gasteiger partial charge is 0.489 e. The second-order valence-corrected chi connectivity index (χ2v) is 9.20. The zero-order chi connectivity index (χ0) is 21.6. The van der Waals surface area contributed by atoms with Crippen molar-refractivity contribution < 1.29 is 14.6 Å². The minimum absolute atomic E-state index is 0.0934. The van der Waals surface area contributed by atoms with Crippen molar-refractivity contribution in [3.05, 3.63) is 63.1 Å². The molecule has 8 heteroatoms. The highest BCUT2D eigenvalue weighted by molar-refractivity contribution is 9.10. The van der Waals surface area contributed by atoms with E-state index >= 15 is 0 Å². The van der Waals surface area contributed by atoms with Crippen molar-refractivity contribution >= 4 is 45.0 Å². The number of amides is 1. The third kappa shape index (κ3) is 6.86. The second-order valence-electron chi connectivity index (χ2n) is 7.58. The number of benzene rings is 2. The highest BCUT2D eigenvalue weighted by Crippen LogP contribution is 2.28. The Morgan fingerprint density at radius 2 is 1.90 bits per heavy atom. The van der Waals surface area contributed by atoms with Crippen LogP contribution in [0.4, 0.5) is 0 Å². The molecule has 1 heterocycles. The Morgan fingerprint density at radius 3 is 2.57 bits per heavy atom. The van der Waals surface area contributed by atoms with Crippen molar-refractivity contribution in [2.24, 2.45) is 0 Å². The van der Waals surface area contributed by atoms with Crippen LogP contribution in [0.15, 0.2) is 46.9 Å². The summed E-state index contributed by atoms with van der Waals surface area (Å²) in [4.78, 5) is 13.6. The van der Waals surface area contributed by atoms with E-state index in [0.29, 0.717) is 24.5 Å². The Labute approximate surface area is 195 Å². The van der Waals surface area contributed by atoms with Gasteiger partial charge in [0.15, 0.2) is 0 Å². The maximum atomic E-state index is 11.4. The molecule has 5 nitrogen and oxygen atoms in total. The molecule has 30 heavy (non-hydrogen) atoms. The summed E-state index contributed by atoms with van der Waals surface area (Å²) in [6.07, 6.45) is 1.18. The van der Waals surface area contributed by atoms with Gasteiger partial charge in [-0.05, 0) is 48.7 Å². The van der Waals surface area contributed by atoms with Gasteiger partial charge in [0.25, 0.3) is 0 Å². The molecule has 2 N–H and O–H groups in total. The Bertz CT molecular complexity index is 856. The van der Waals surface area contributed by atoms with Gasteiger partial charge in [-0.1, -0.05) is 39.7 Å². The molecule has 1 aliphatic rings. The van der Waals surface area contributed by atoms with Gasteiger partial charge in [0.2, 0.25) is 5.91 Å². The van der Waals surface area contributed by atoms with E-state index in [1.54, 1.807) is 0 Å². The molecular formula is C22H25BrCl2N2O3. The summed E-state index contributed by atoms with van der Waals surface area (Å²) in [5.41, 5.74) is 1.25. The minimum atomic E-state index is -0.886. The standard InChI is InChI=1S/C22H25BrCl2N2O3/c23-18-3-6-20(30-14-16-1-4-19(25)5-2-16)17(11-18)13-27-9-7-22(29,8-10-27)15-26-21(28)12-24/h1-6,11,29H,7-10,12-15H2,(H,26,28). The first-order valence-corrected chi connectivity index (χ1v) is 11.5. The number of hydrogen-bond acceptors (Lipinski definition) is 4. The number of aliphatic hydroxyl groups is 1. The fourth-order valence-electron chi connectivity index (χ4n) is 3.41. The summed E-state index contributed by atoms with van der Waals surface area (Å²) in [6.45, 7) is 2.89. The van der Waals surface area contributed by atoms with Gasteiger partial charge in [0, 0.05) is 41.2 Å². The van der Waals surface area contributed by atoms with Gasteiger partial charge >= 0.3 is 0 Å². The lowest BCUT2D eigenvalue weighted by Crippen LogP contribution is -2.50. The van der Waals surface area contributed by atoms with Gasteiger partial charge in [-0.15, -0.1) is 11.6 Å². The summed E-state index contributed by atoms with van der Waals surface area (Å²) in [5, 5.41) is 14.1. The van der Waals surface area contributed by atoms with E-state index < -0.39 is 5.60 Å². The third-order valence-corrected chi connectivity index (χ3v) is 6.23. The van der Waals surface area contributed by atoms with Crippen LogP contribution in [-0.4, -0.2) is 47.0 Å². The number of nitrogens with one attached hydrogen (secondary N) is 1. The maximum absolute atomic E-state index is 11.4. The van der Waals surface area contributed by atoms with Gasteiger partial charge in [-0.3, -0.25) is 9.69 Å². The molecule has 0 aromatic heterocycles. The number of halogens is 3. The Balaban J connectivity index is 1.58. The van der Waals surface area contributed by atoms with Gasteiger partial charge in [-0.2, -0.15) is 0 Å². The van der Waals surface area contributed by atoms with E-state index in [0.717, 1.165) is 41.0 Å². The van der Waals surface area contributed by atoms with Crippen molar-refractivity contribution in [3.63, 3.8) is 0 Å². The second kappa shape index (κ2) is 10.8. The van der Waals surface area contributed by atoms with Gasteiger partial charge in [0.05, 0.1) is 5.60 Å². The van der Waals surface area contributed by atoms with Crippen LogP contribution in [0.2, 0.25) is 5.02 Å². The fraction of sp³-hybridized carbons (Fsp3) is 0.409. The van der Waals surface area contributed by atoms with E-state index in [-0.39, 0.29) is 18.3 Å². The fourth-order valence-corrected chi connectivity index (χ4v) is 4.04. The van der Waals surface area contributed by atoms with Crippen molar-refractivity contribution in [1.29, 1.82) is 0 Å². The normalized spacial score (nSPS) is 16.3. The minimum Gasteiger partial charge on any atom is -0.489 e. The molecule has 0 atom stereocenters. The van der Waals surface area contributed by atoms with Crippen LogP contribution in [0.3, 0.4) is 0 Å². The van der Waals surface area contributed by atoms with Crippen LogP contribution in [0.25, 0.3) is 0 Å². The molecule has 2 aromatic rings. The summed E-state index contributed by atoms with van der Waals surface area (Å²) >= 11 is 15.0. The first-order chi connectivity index (χ1) is 14.4. The lowest BCUT2D eigenvalue weighted by molar-refractivity contribution is -0.120. The van der Waals surface area contributed by atoms with Crippen LogP contribution in [-0.2, 0) is 17.9 Å². The smallest absolute Gasteiger partial charge is 0.235 e. The molecule has 0 saturated carbocycles. The lowest BCUT2D eigenvalue weighted by atomic mass is 9.91. The van der Waals surface area contributed by atoms with Crippen LogP contribution >= 0.6 is 39.1 Å². The van der Waals surface area contributed by atoms with Crippen LogP contribution in [0.1, 0.15) is 24.0 Å². The Kier molecular flexibility index (Phi) is 8.43. The number of piperidine rings is 1. The molecule has 3 rings (SSSR count). The summed E-state index contributed by atoms with van der Waals surface area (Å²) in [7, 11) is 0. The first-order valence-electron chi connectivity index (χ1n) is 9.80. The topological polar surface area (TPSA) is 61.8 Å². The lowest BCUT2D eigenvalue weighted by Gasteiger charge is -2.38. The number of ether oxygens (including phenoxy) is 1. The average Bonchev–Trinajstić information content (AvgIpc) is 2.74. The van der Waals surface area contributed by atoms with E-state index in [9.17, 15) is 9.90 Å². The first kappa shape index (κ1) is 23.4. The van der Waals surface area contributed by atoms with Crippen LogP contribution < -0.4 is 10.1 Å². The van der Waals surface area contributed by atoms with Gasteiger partial charge in [0.1, 0.15) is 18.2 Å². The Hall–Kier alpha value is -1.31. The predicted octanol–water partition coefficient (Wildman–Crippen LogP) is 4.36. The van der Waals surface area contributed by atoms with Crippen molar-refractivity contribution in [1.82, 2.24) is 10.2 Å². The zero-order valence-corrected chi connectivity index (χ0v) is 19.6. The highest BCUT2D eigenvalue weighted by Gasteiger charge is 2.32. The quantitative estimate of drug-likeness (QED) is 0.512. The number of likely N-dealkylation sites (tertiary alicyclic amines) is 1. The molecule has 162 valence electrons. The maximum Gasteiger partial charge on any atom is 0.235 e. The zero-order valence-electron chi connectivity index (χ0n) is 16.5. The van der Waals surface area contributed by atoms with Crippen molar-refractivity contribution in [2.45, 2.75) is 31.6 Å². The molecule has 0 spiro atoms. The molecule has 2 aromatic carbocycles. The number of nitrogens with zero attached hydrogens (tertiary/aromatic N) is 1. The highest BCUT2D eigenvalue weighted by atomic mass is 79.9. The molecule has 1 fully saturated rings. The van der Waals surface area contributed by atoms with E-state index in [1.807, 2.05) is 36.4 Å². The molecule has 1 aliphatic heterocycles. The molecule has 1 saturated heterocycles. The molecular weight excluding hydrogens is 491 g/mol. The van der Waals surface area contributed by atoms with Crippen molar-refractivity contribution in [3.8, 4) is 5.75 Å². The van der Waals surface area contributed by atoms with E-state index in [2.05, 4.69) is 32.2 Å². The SMILES string of the molecule is O=C(CCl)NCC1(O)CCN(Cc2cc(Br)ccc2OCc2ccc(Cl)cc2)CC1. The number of rotatable bonds is 8. The summed E-state index contributed by atoms with van der Waals surface area (Å²) in [6, 6.07) is 13.6. The predicted molar refractivity (Wildman–Crippen MR) is 123 cm³/mol. The number of carbonyl (C=O) groups excluding carboxylic acids is 1. The molecule has 0 bridgehead atoms. The van der Waals surface area contributed by atoms with E-state index in [1.165, 1.54) is 0 Å². The van der Waals surface area contributed by atoms with Crippen LogP contribution in [0, 0.1) is 0 Å². The molecule has 0 radical (unpaired) electrons. The molecule has 0 unspecified atom stereocenters. The summed E-state index contributed by atoms with van der Waals surface area (Å²) in [5.74, 6) is 0.483.